The molecule has 0 N–H and O–H groups in total. The van der Waals surface area contributed by atoms with Gasteiger partial charge < -0.3 is 4.74 Å². The molecule has 0 radical (unpaired) electrons. The highest BCUT2D eigenvalue weighted by Crippen LogP contribution is 2.24. The first kappa shape index (κ1) is 16.2. The molecule has 23 heavy (non-hydrogen) atoms. The predicted octanol–water partition coefficient (Wildman–Crippen LogP) is 4.97. The SMILES string of the molecule is Fc1ccccc1OCCSc1nn(-c2ccccc2)c(=S)s1. The van der Waals surface area contributed by atoms with Crippen LogP contribution >= 0.6 is 35.3 Å². The Morgan fingerprint density at radius 3 is 2.65 bits per heavy atom. The third-order valence-electron chi connectivity index (χ3n) is 2.93. The standard InChI is InChI=1S/C16H13FN2OS3/c17-13-8-4-5-9-14(13)20-10-11-22-15-18-19(16(21)23-15)12-6-2-1-3-7-12/h1-9H,10-11H2. The van der Waals surface area contributed by atoms with Crippen LogP contribution in [0.5, 0.6) is 5.75 Å². The quantitative estimate of drug-likeness (QED) is 0.350. The van der Waals surface area contributed by atoms with Crippen molar-refractivity contribution in [3.63, 3.8) is 0 Å². The number of rotatable bonds is 6. The van der Waals surface area contributed by atoms with Crippen LogP contribution in [0.4, 0.5) is 4.39 Å². The molecule has 3 nitrogen and oxygen atoms in total. The second kappa shape index (κ2) is 7.72. The monoisotopic (exact) mass is 364 g/mol. The maximum absolute atomic E-state index is 13.4. The van der Waals surface area contributed by atoms with Crippen LogP contribution in [0.25, 0.3) is 5.69 Å². The smallest absolute Gasteiger partial charge is 0.184 e. The molecule has 2 aromatic carbocycles. The molecule has 0 aliphatic carbocycles. The largest absolute Gasteiger partial charge is 0.490 e. The molecule has 3 aromatic rings. The number of thioether (sulfide) groups is 1. The van der Waals surface area contributed by atoms with Gasteiger partial charge in [0.1, 0.15) is 0 Å². The van der Waals surface area contributed by atoms with E-state index < -0.39 is 0 Å². The van der Waals surface area contributed by atoms with Gasteiger partial charge in [-0.25, -0.2) is 9.07 Å². The summed E-state index contributed by atoms with van der Waals surface area (Å²) < 4.78 is 22.2. The van der Waals surface area contributed by atoms with Crippen LogP contribution in [0.15, 0.2) is 58.9 Å². The van der Waals surface area contributed by atoms with E-state index in [1.807, 2.05) is 30.3 Å². The summed E-state index contributed by atoms with van der Waals surface area (Å²) in [7, 11) is 0. The molecule has 1 heterocycles. The summed E-state index contributed by atoms with van der Waals surface area (Å²) in [6.45, 7) is 0.406. The molecule has 0 bridgehead atoms. The predicted molar refractivity (Wildman–Crippen MR) is 94.9 cm³/mol. The van der Waals surface area contributed by atoms with E-state index in [0.717, 1.165) is 10.0 Å². The van der Waals surface area contributed by atoms with Gasteiger partial charge in [-0.3, -0.25) is 0 Å². The maximum Gasteiger partial charge on any atom is 0.184 e. The first-order chi connectivity index (χ1) is 11.2. The average Bonchev–Trinajstić information content (AvgIpc) is 2.95. The number of aromatic nitrogens is 2. The van der Waals surface area contributed by atoms with Crippen molar-refractivity contribution in [2.75, 3.05) is 12.4 Å². The average molecular weight is 364 g/mol. The van der Waals surface area contributed by atoms with Crippen molar-refractivity contribution in [3.8, 4) is 11.4 Å². The summed E-state index contributed by atoms with van der Waals surface area (Å²) in [6, 6.07) is 16.2. The van der Waals surface area contributed by atoms with Crippen molar-refractivity contribution in [3.05, 3.63) is 64.4 Å². The molecule has 0 spiro atoms. The van der Waals surface area contributed by atoms with Gasteiger partial charge in [0.25, 0.3) is 0 Å². The Morgan fingerprint density at radius 2 is 1.87 bits per heavy atom. The lowest BCUT2D eigenvalue weighted by atomic mass is 10.3. The van der Waals surface area contributed by atoms with Crippen LogP contribution in [0, 0.1) is 9.77 Å². The number of hydrogen-bond acceptors (Lipinski definition) is 5. The van der Waals surface area contributed by atoms with Crippen LogP contribution in [0.3, 0.4) is 0 Å². The minimum Gasteiger partial charge on any atom is -0.490 e. The van der Waals surface area contributed by atoms with E-state index in [0.29, 0.717) is 16.3 Å². The van der Waals surface area contributed by atoms with Gasteiger partial charge in [0.15, 0.2) is 19.9 Å². The van der Waals surface area contributed by atoms with Gasteiger partial charge in [-0.1, -0.05) is 53.4 Å². The molecule has 1 aromatic heterocycles. The van der Waals surface area contributed by atoms with E-state index in [4.69, 9.17) is 17.0 Å². The van der Waals surface area contributed by atoms with Crippen LogP contribution in [-0.2, 0) is 0 Å². The van der Waals surface area contributed by atoms with Crippen LogP contribution in [-0.4, -0.2) is 22.1 Å². The van der Waals surface area contributed by atoms with Gasteiger partial charge >= 0.3 is 0 Å². The van der Waals surface area contributed by atoms with Crippen molar-refractivity contribution in [1.29, 1.82) is 0 Å². The molecular weight excluding hydrogens is 351 g/mol. The first-order valence-electron chi connectivity index (χ1n) is 6.90. The zero-order valence-electron chi connectivity index (χ0n) is 12.0. The lowest BCUT2D eigenvalue weighted by molar-refractivity contribution is 0.325. The van der Waals surface area contributed by atoms with E-state index in [9.17, 15) is 4.39 Å². The van der Waals surface area contributed by atoms with Crippen LogP contribution in [0.1, 0.15) is 0 Å². The topological polar surface area (TPSA) is 27.1 Å². The van der Waals surface area contributed by atoms with E-state index in [-0.39, 0.29) is 11.6 Å². The van der Waals surface area contributed by atoms with E-state index in [2.05, 4.69) is 5.10 Å². The summed E-state index contributed by atoms with van der Waals surface area (Å²) in [5, 5.41) is 4.51. The Balaban J connectivity index is 1.57. The molecule has 0 saturated heterocycles. The molecule has 118 valence electrons. The second-order valence-electron chi connectivity index (χ2n) is 4.51. The Hall–Kier alpha value is -1.70. The number of para-hydroxylation sites is 2. The third kappa shape index (κ3) is 4.19. The van der Waals surface area contributed by atoms with Gasteiger partial charge in [-0.15, -0.1) is 5.10 Å². The highest BCUT2D eigenvalue weighted by atomic mass is 32.2. The Kier molecular flexibility index (Phi) is 5.43. The molecule has 0 aliphatic heterocycles. The van der Waals surface area contributed by atoms with Crippen molar-refractivity contribution in [2.45, 2.75) is 4.34 Å². The fourth-order valence-corrected chi connectivity index (χ4v) is 4.14. The Morgan fingerprint density at radius 1 is 1.13 bits per heavy atom. The minimum absolute atomic E-state index is 0.274. The summed E-state index contributed by atoms with van der Waals surface area (Å²) in [5.41, 5.74) is 0.947. The van der Waals surface area contributed by atoms with Gasteiger partial charge in [-0.2, -0.15) is 0 Å². The lowest BCUT2D eigenvalue weighted by Gasteiger charge is -2.05. The third-order valence-corrected chi connectivity index (χ3v) is 5.26. The van der Waals surface area contributed by atoms with E-state index in [1.165, 1.54) is 17.4 Å². The van der Waals surface area contributed by atoms with Crippen molar-refractivity contribution < 1.29 is 9.13 Å². The second-order valence-corrected chi connectivity index (χ2v) is 7.47. The number of ether oxygens (including phenoxy) is 1. The summed E-state index contributed by atoms with van der Waals surface area (Å²) in [5.74, 6) is 0.600. The molecule has 3 rings (SSSR count). The number of nitrogens with zero attached hydrogens (tertiary/aromatic N) is 2. The zero-order chi connectivity index (χ0) is 16.1. The van der Waals surface area contributed by atoms with Crippen molar-refractivity contribution in [2.24, 2.45) is 0 Å². The van der Waals surface area contributed by atoms with Crippen LogP contribution in [0.2, 0.25) is 0 Å². The van der Waals surface area contributed by atoms with Crippen molar-refractivity contribution in [1.82, 2.24) is 9.78 Å². The Labute approximate surface area is 146 Å². The van der Waals surface area contributed by atoms with Gasteiger partial charge in [0.05, 0.1) is 12.3 Å². The minimum atomic E-state index is -0.346. The molecule has 0 saturated carbocycles. The summed E-state index contributed by atoms with van der Waals surface area (Å²) in [6.07, 6.45) is 0. The van der Waals surface area contributed by atoms with Gasteiger partial charge in [-0.05, 0) is 36.5 Å². The summed E-state index contributed by atoms with van der Waals surface area (Å²) in [4.78, 5) is 0. The fourth-order valence-electron chi connectivity index (χ4n) is 1.89. The van der Waals surface area contributed by atoms with Gasteiger partial charge in [0, 0.05) is 5.75 Å². The van der Waals surface area contributed by atoms with E-state index >= 15 is 0 Å². The highest BCUT2D eigenvalue weighted by Gasteiger charge is 2.07. The molecule has 0 fully saturated rings. The number of halogens is 1. The Bertz CT molecular complexity index is 833. The molecule has 0 atom stereocenters. The number of benzene rings is 2. The molecule has 0 aliphatic rings. The van der Waals surface area contributed by atoms with Crippen LogP contribution < -0.4 is 4.74 Å². The normalized spacial score (nSPS) is 10.7. The molecule has 0 amide bonds. The fraction of sp³-hybridized carbons (Fsp3) is 0.125. The summed E-state index contributed by atoms with van der Waals surface area (Å²) >= 11 is 8.36. The van der Waals surface area contributed by atoms with E-state index in [1.54, 1.807) is 34.6 Å². The molecule has 0 unspecified atom stereocenters. The first-order valence-corrected chi connectivity index (χ1v) is 9.11. The van der Waals surface area contributed by atoms with Gasteiger partial charge in [0.2, 0.25) is 0 Å². The van der Waals surface area contributed by atoms with Crippen molar-refractivity contribution >= 4 is 35.3 Å². The molecular formula is C16H13FN2OS3. The zero-order valence-corrected chi connectivity index (χ0v) is 14.5. The maximum atomic E-state index is 13.4. The number of hydrogen-bond donors (Lipinski definition) is 0. The highest BCUT2D eigenvalue weighted by molar-refractivity contribution is 8.01. The lowest BCUT2D eigenvalue weighted by Crippen LogP contribution is -2.01. The molecule has 7 heteroatoms.